The summed E-state index contributed by atoms with van der Waals surface area (Å²) < 4.78 is 2.16. The number of carbonyl (C=O) groups excluding carboxylic acids is 1. The zero-order valence-corrected chi connectivity index (χ0v) is 12.5. The smallest absolute Gasteiger partial charge is 0.217 e. The molecule has 1 aliphatic rings. The second-order valence-corrected chi connectivity index (χ2v) is 5.91. The molecular formula is C16H22N4O. The molecule has 1 aliphatic heterocycles. The lowest BCUT2D eigenvalue weighted by atomic mass is 9.97. The molecule has 1 unspecified atom stereocenters. The Kier molecular flexibility index (Phi) is 3.82. The van der Waals surface area contributed by atoms with Crippen molar-refractivity contribution in [3.8, 4) is 0 Å². The van der Waals surface area contributed by atoms with Gasteiger partial charge in [0, 0.05) is 26.6 Å². The van der Waals surface area contributed by atoms with Crippen molar-refractivity contribution >= 4 is 22.9 Å². The minimum absolute atomic E-state index is 0.184. The summed E-state index contributed by atoms with van der Waals surface area (Å²) in [4.78, 5) is 18.2. The van der Waals surface area contributed by atoms with Crippen LogP contribution in [0.3, 0.4) is 0 Å². The molecule has 112 valence electrons. The predicted octanol–water partition coefficient (Wildman–Crippen LogP) is 2.06. The van der Waals surface area contributed by atoms with Crippen molar-refractivity contribution in [1.82, 2.24) is 9.55 Å². The second kappa shape index (κ2) is 5.76. The number of nitrogens with two attached hydrogens (primary N) is 1. The molecule has 1 amide bonds. The van der Waals surface area contributed by atoms with Gasteiger partial charge in [-0.1, -0.05) is 12.1 Å². The molecule has 2 heterocycles. The number of aryl methyl sites for hydroxylation is 1. The lowest BCUT2D eigenvalue weighted by molar-refractivity contribution is -0.118. The van der Waals surface area contributed by atoms with Gasteiger partial charge in [0.25, 0.3) is 0 Å². The fourth-order valence-electron chi connectivity index (χ4n) is 3.27. The van der Waals surface area contributed by atoms with E-state index in [1.165, 1.54) is 0 Å². The summed E-state index contributed by atoms with van der Waals surface area (Å²) in [6.45, 7) is 1.93. The van der Waals surface area contributed by atoms with E-state index in [1.54, 1.807) is 0 Å². The summed E-state index contributed by atoms with van der Waals surface area (Å²) in [6, 6.07) is 8.20. The molecule has 0 bridgehead atoms. The van der Waals surface area contributed by atoms with Crippen LogP contribution in [0.15, 0.2) is 24.3 Å². The molecule has 2 aromatic rings. The molecule has 5 nitrogen and oxygen atoms in total. The highest BCUT2D eigenvalue weighted by Gasteiger charge is 2.21. The SMILES string of the molecule is Cn1c(N2CCCC(CC(N)=O)CC2)nc2ccccc21. The van der Waals surface area contributed by atoms with Gasteiger partial charge in [-0.05, 0) is 37.3 Å². The average molecular weight is 286 g/mol. The van der Waals surface area contributed by atoms with Crippen molar-refractivity contribution in [1.29, 1.82) is 0 Å². The standard InChI is InChI=1S/C16H22N4O/c1-19-14-7-3-2-6-13(14)18-16(19)20-9-4-5-12(8-10-20)11-15(17)21/h2-3,6-7,12H,4-5,8-11H2,1H3,(H2,17,21). The molecule has 21 heavy (non-hydrogen) atoms. The Morgan fingerprint density at radius 2 is 2.14 bits per heavy atom. The van der Waals surface area contributed by atoms with Gasteiger partial charge in [0.1, 0.15) is 0 Å². The number of imidazole rings is 1. The molecule has 1 saturated heterocycles. The Bertz CT molecular complexity index is 649. The number of primary amides is 1. The Balaban J connectivity index is 1.79. The van der Waals surface area contributed by atoms with Crippen LogP contribution in [-0.4, -0.2) is 28.5 Å². The van der Waals surface area contributed by atoms with Crippen LogP contribution >= 0.6 is 0 Å². The van der Waals surface area contributed by atoms with Gasteiger partial charge in [0.05, 0.1) is 11.0 Å². The van der Waals surface area contributed by atoms with Crippen LogP contribution in [0.4, 0.5) is 5.95 Å². The first-order valence-electron chi connectivity index (χ1n) is 7.60. The molecule has 1 atom stereocenters. The summed E-state index contributed by atoms with van der Waals surface area (Å²) in [7, 11) is 2.07. The normalized spacial score (nSPS) is 19.7. The van der Waals surface area contributed by atoms with E-state index in [1.807, 2.05) is 18.2 Å². The van der Waals surface area contributed by atoms with E-state index < -0.39 is 0 Å². The Hall–Kier alpha value is -2.04. The van der Waals surface area contributed by atoms with E-state index in [2.05, 4.69) is 22.6 Å². The maximum atomic E-state index is 11.1. The molecule has 0 radical (unpaired) electrons. The number of carbonyl (C=O) groups is 1. The number of para-hydroxylation sites is 2. The fraction of sp³-hybridized carbons (Fsp3) is 0.500. The number of benzene rings is 1. The third-order valence-corrected chi connectivity index (χ3v) is 4.38. The zero-order valence-electron chi connectivity index (χ0n) is 12.5. The number of nitrogens with zero attached hydrogens (tertiary/aromatic N) is 3. The van der Waals surface area contributed by atoms with Crippen molar-refractivity contribution < 1.29 is 4.79 Å². The van der Waals surface area contributed by atoms with E-state index in [-0.39, 0.29) is 5.91 Å². The highest BCUT2D eigenvalue weighted by atomic mass is 16.1. The lowest BCUT2D eigenvalue weighted by Crippen LogP contribution is -2.27. The van der Waals surface area contributed by atoms with Crippen molar-refractivity contribution in [3.63, 3.8) is 0 Å². The molecule has 1 aromatic carbocycles. The number of fused-ring (bicyclic) bond motifs is 1. The molecule has 1 fully saturated rings. The van der Waals surface area contributed by atoms with Gasteiger partial charge in [-0.2, -0.15) is 0 Å². The van der Waals surface area contributed by atoms with Crippen molar-refractivity contribution in [2.45, 2.75) is 25.7 Å². The Morgan fingerprint density at radius 3 is 2.90 bits per heavy atom. The van der Waals surface area contributed by atoms with Crippen LogP contribution in [0, 0.1) is 5.92 Å². The van der Waals surface area contributed by atoms with Crippen LogP contribution in [-0.2, 0) is 11.8 Å². The largest absolute Gasteiger partial charge is 0.370 e. The highest BCUT2D eigenvalue weighted by Crippen LogP contribution is 2.26. The number of hydrogen-bond acceptors (Lipinski definition) is 3. The van der Waals surface area contributed by atoms with Crippen LogP contribution in [0.2, 0.25) is 0 Å². The molecular weight excluding hydrogens is 264 g/mol. The van der Waals surface area contributed by atoms with Crippen LogP contribution < -0.4 is 10.6 Å². The molecule has 1 aromatic heterocycles. The summed E-state index contributed by atoms with van der Waals surface area (Å²) in [5.74, 6) is 1.26. The molecule has 5 heteroatoms. The molecule has 3 rings (SSSR count). The topological polar surface area (TPSA) is 64.2 Å². The lowest BCUT2D eigenvalue weighted by Gasteiger charge is -2.21. The third kappa shape index (κ3) is 2.86. The quantitative estimate of drug-likeness (QED) is 0.939. The number of anilines is 1. The van der Waals surface area contributed by atoms with Gasteiger partial charge in [-0.3, -0.25) is 4.79 Å². The number of rotatable bonds is 3. The van der Waals surface area contributed by atoms with Crippen LogP contribution in [0.1, 0.15) is 25.7 Å². The first kappa shape index (κ1) is 13.9. The van der Waals surface area contributed by atoms with Gasteiger partial charge in [0.2, 0.25) is 11.9 Å². The number of amides is 1. The van der Waals surface area contributed by atoms with Gasteiger partial charge in [0.15, 0.2) is 0 Å². The van der Waals surface area contributed by atoms with Crippen LogP contribution in [0.25, 0.3) is 11.0 Å². The maximum absolute atomic E-state index is 11.1. The minimum atomic E-state index is -0.184. The van der Waals surface area contributed by atoms with Gasteiger partial charge < -0.3 is 15.2 Å². The number of hydrogen-bond donors (Lipinski definition) is 1. The fourth-order valence-corrected chi connectivity index (χ4v) is 3.27. The third-order valence-electron chi connectivity index (χ3n) is 4.38. The minimum Gasteiger partial charge on any atom is -0.370 e. The summed E-state index contributed by atoms with van der Waals surface area (Å²) in [5.41, 5.74) is 7.52. The van der Waals surface area contributed by atoms with E-state index in [4.69, 9.17) is 10.7 Å². The van der Waals surface area contributed by atoms with E-state index in [0.29, 0.717) is 12.3 Å². The van der Waals surface area contributed by atoms with Gasteiger partial charge >= 0.3 is 0 Å². The van der Waals surface area contributed by atoms with Gasteiger partial charge in [-0.25, -0.2) is 4.98 Å². The highest BCUT2D eigenvalue weighted by molar-refractivity contribution is 5.78. The van der Waals surface area contributed by atoms with E-state index >= 15 is 0 Å². The van der Waals surface area contributed by atoms with E-state index in [0.717, 1.165) is 49.3 Å². The van der Waals surface area contributed by atoms with Crippen molar-refractivity contribution in [3.05, 3.63) is 24.3 Å². The summed E-state index contributed by atoms with van der Waals surface area (Å²) in [6.07, 6.45) is 3.67. The van der Waals surface area contributed by atoms with Gasteiger partial charge in [-0.15, -0.1) is 0 Å². The molecule has 0 spiro atoms. The predicted molar refractivity (Wildman–Crippen MR) is 84.1 cm³/mol. The monoisotopic (exact) mass is 286 g/mol. The zero-order chi connectivity index (χ0) is 14.8. The maximum Gasteiger partial charge on any atom is 0.217 e. The summed E-state index contributed by atoms with van der Waals surface area (Å²) >= 11 is 0. The van der Waals surface area contributed by atoms with E-state index in [9.17, 15) is 4.79 Å². The molecule has 0 aliphatic carbocycles. The summed E-state index contributed by atoms with van der Waals surface area (Å²) in [5, 5.41) is 0. The molecule has 2 N–H and O–H groups in total. The average Bonchev–Trinajstić information content (AvgIpc) is 2.64. The Morgan fingerprint density at radius 1 is 1.33 bits per heavy atom. The first-order chi connectivity index (χ1) is 10.1. The second-order valence-electron chi connectivity index (χ2n) is 5.91. The Labute approximate surface area is 124 Å². The van der Waals surface area contributed by atoms with Crippen molar-refractivity contribution in [2.75, 3.05) is 18.0 Å². The first-order valence-corrected chi connectivity index (χ1v) is 7.60. The van der Waals surface area contributed by atoms with Crippen LogP contribution in [0.5, 0.6) is 0 Å². The molecule has 0 saturated carbocycles. The van der Waals surface area contributed by atoms with Crippen molar-refractivity contribution in [2.24, 2.45) is 18.7 Å². The number of aromatic nitrogens is 2.